The molecule has 0 saturated carbocycles. The van der Waals surface area contributed by atoms with E-state index in [0.29, 0.717) is 15.4 Å². The fourth-order valence-corrected chi connectivity index (χ4v) is 1.71. The first kappa shape index (κ1) is 9.42. The van der Waals surface area contributed by atoms with E-state index in [-0.39, 0.29) is 10.8 Å². The van der Waals surface area contributed by atoms with Gasteiger partial charge in [0.05, 0.1) is 14.8 Å². The Balaban J connectivity index is 2.80. The van der Waals surface area contributed by atoms with Gasteiger partial charge in [-0.1, -0.05) is 16.8 Å². The summed E-state index contributed by atoms with van der Waals surface area (Å²) < 4.78 is 5.17. The van der Waals surface area contributed by atoms with Gasteiger partial charge in [-0.25, -0.2) is 0 Å². The summed E-state index contributed by atoms with van der Waals surface area (Å²) in [6.45, 7) is 0. The van der Waals surface area contributed by atoms with Crippen LogP contribution in [-0.2, 0) is 0 Å². The highest BCUT2D eigenvalue weighted by Crippen LogP contribution is 2.33. The lowest BCUT2D eigenvalue weighted by atomic mass is 10.2. The van der Waals surface area contributed by atoms with Crippen LogP contribution in [0.4, 0.5) is 5.69 Å². The van der Waals surface area contributed by atoms with Crippen LogP contribution in [0, 0.1) is 10.1 Å². The average molecular weight is 277 g/mol. The first-order valence-electron chi connectivity index (χ1n) is 3.48. The molecule has 14 heavy (non-hydrogen) atoms. The Morgan fingerprint density at radius 3 is 2.93 bits per heavy atom. The second kappa shape index (κ2) is 3.21. The van der Waals surface area contributed by atoms with Gasteiger partial charge in [-0.3, -0.25) is 10.1 Å². The Kier molecular flexibility index (Phi) is 2.16. The highest BCUT2D eigenvalue weighted by atomic mass is 79.9. The van der Waals surface area contributed by atoms with Crippen LogP contribution in [-0.4, -0.2) is 10.1 Å². The maximum atomic E-state index is 10.6. The maximum Gasteiger partial charge on any atom is 0.284 e. The molecule has 0 aliphatic rings. The summed E-state index contributed by atoms with van der Waals surface area (Å²) in [6.07, 6.45) is 0. The summed E-state index contributed by atoms with van der Waals surface area (Å²) in [5, 5.41) is 14.6. The molecule has 2 aromatic rings. The number of rotatable bonds is 1. The van der Waals surface area contributed by atoms with Crippen LogP contribution in [0.15, 0.2) is 21.1 Å². The van der Waals surface area contributed by atoms with Crippen molar-refractivity contribution >= 4 is 44.2 Å². The van der Waals surface area contributed by atoms with Crippen molar-refractivity contribution in [3.63, 3.8) is 0 Å². The van der Waals surface area contributed by atoms with Gasteiger partial charge in [-0.2, -0.15) is 0 Å². The Morgan fingerprint density at radius 1 is 1.57 bits per heavy atom. The SMILES string of the molecule is O=[N+]([O-])c1cc2c(Cl)noc2cc1Br. The fraction of sp³-hybridized carbons (Fsp3) is 0. The van der Waals surface area contributed by atoms with Crippen LogP contribution in [0.1, 0.15) is 0 Å². The highest BCUT2D eigenvalue weighted by Gasteiger charge is 2.17. The molecule has 2 rings (SSSR count). The quantitative estimate of drug-likeness (QED) is 0.593. The van der Waals surface area contributed by atoms with Crippen molar-refractivity contribution in [3.8, 4) is 0 Å². The molecule has 0 amide bonds. The van der Waals surface area contributed by atoms with Crippen molar-refractivity contribution in [2.45, 2.75) is 0 Å². The Bertz CT molecular complexity index is 525. The minimum absolute atomic E-state index is 0.0670. The Morgan fingerprint density at radius 2 is 2.29 bits per heavy atom. The fourth-order valence-electron chi connectivity index (χ4n) is 1.06. The zero-order chi connectivity index (χ0) is 10.3. The van der Waals surface area contributed by atoms with Crippen molar-refractivity contribution in [2.75, 3.05) is 0 Å². The Hall–Kier alpha value is -1.14. The van der Waals surface area contributed by atoms with Crippen molar-refractivity contribution in [2.24, 2.45) is 0 Å². The highest BCUT2D eigenvalue weighted by molar-refractivity contribution is 9.10. The molecular formula is C7H2BrClN2O3. The number of aromatic nitrogens is 1. The molecule has 0 unspecified atom stereocenters. The largest absolute Gasteiger partial charge is 0.355 e. The first-order chi connectivity index (χ1) is 6.59. The second-order valence-electron chi connectivity index (χ2n) is 2.53. The van der Waals surface area contributed by atoms with Gasteiger partial charge >= 0.3 is 0 Å². The van der Waals surface area contributed by atoms with Gasteiger partial charge in [-0.15, -0.1) is 0 Å². The average Bonchev–Trinajstić information content (AvgIpc) is 2.46. The zero-order valence-corrected chi connectivity index (χ0v) is 8.87. The molecule has 0 N–H and O–H groups in total. The molecule has 72 valence electrons. The number of benzene rings is 1. The predicted octanol–water partition coefficient (Wildman–Crippen LogP) is 3.15. The van der Waals surface area contributed by atoms with Crippen LogP contribution < -0.4 is 0 Å². The zero-order valence-electron chi connectivity index (χ0n) is 6.53. The number of nitro groups is 1. The van der Waals surface area contributed by atoms with Gasteiger partial charge in [0.1, 0.15) is 0 Å². The van der Waals surface area contributed by atoms with E-state index in [2.05, 4.69) is 21.1 Å². The normalized spacial score (nSPS) is 10.7. The third-order valence-electron chi connectivity index (χ3n) is 1.69. The summed E-state index contributed by atoms with van der Waals surface area (Å²) in [7, 11) is 0. The van der Waals surface area contributed by atoms with Gasteiger partial charge in [-0.05, 0) is 15.9 Å². The number of halogens is 2. The molecule has 0 spiro atoms. The standard InChI is InChI=1S/C7H2BrClN2O3/c8-4-2-6-3(7(9)10-14-6)1-5(4)11(12)13/h1-2H. The summed E-state index contributed by atoms with van der Waals surface area (Å²) in [5.41, 5.74) is 0.343. The van der Waals surface area contributed by atoms with Gasteiger partial charge in [0.2, 0.25) is 0 Å². The van der Waals surface area contributed by atoms with Gasteiger partial charge in [0, 0.05) is 12.1 Å². The number of fused-ring (bicyclic) bond motifs is 1. The van der Waals surface area contributed by atoms with E-state index in [1.807, 2.05) is 0 Å². The van der Waals surface area contributed by atoms with Crippen molar-refractivity contribution in [1.82, 2.24) is 5.16 Å². The summed E-state index contributed by atoms with van der Waals surface area (Å²) in [4.78, 5) is 10.1. The molecule has 1 aromatic carbocycles. The molecule has 0 saturated heterocycles. The van der Waals surface area contributed by atoms with Crippen LogP contribution in [0.5, 0.6) is 0 Å². The molecule has 0 aliphatic heterocycles. The lowest BCUT2D eigenvalue weighted by Gasteiger charge is -1.93. The van der Waals surface area contributed by atoms with Crippen molar-refractivity contribution in [1.29, 1.82) is 0 Å². The van der Waals surface area contributed by atoms with E-state index < -0.39 is 4.92 Å². The molecule has 0 bridgehead atoms. The summed E-state index contributed by atoms with van der Waals surface area (Å²) in [6, 6.07) is 2.78. The molecule has 1 aromatic heterocycles. The molecular weight excluding hydrogens is 275 g/mol. The second-order valence-corrected chi connectivity index (χ2v) is 3.74. The maximum absolute atomic E-state index is 10.6. The van der Waals surface area contributed by atoms with Gasteiger partial charge in [0.15, 0.2) is 10.7 Å². The lowest BCUT2D eigenvalue weighted by Crippen LogP contribution is -1.88. The van der Waals surface area contributed by atoms with E-state index in [0.717, 1.165) is 0 Å². The molecule has 0 radical (unpaired) electrons. The van der Waals surface area contributed by atoms with Crippen LogP contribution in [0.25, 0.3) is 11.0 Å². The number of nitro benzene ring substituents is 1. The van der Waals surface area contributed by atoms with E-state index in [9.17, 15) is 10.1 Å². The molecule has 1 heterocycles. The first-order valence-corrected chi connectivity index (χ1v) is 4.65. The smallest absolute Gasteiger partial charge is 0.284 e. The van der Waals surface area contributed by atoms with Gasteiger partial charge < -0.3 is 4.52 Å². The van der Waals surface area contributed by atoms with E-state index >= 15 is 0 Å². The van der Waals surface area contributed by atoms with Crippen molar-refractivity contribution < 1.29 is 9.45 Å². The van der Waals surface area contributed by atoms with Gasteiger partial charge in [0.25, 0.3) is 5.69 Å². The molecule has 0 fully saturated rings. The molecule has 5 nitrogen and oxygen atoms in total. The van der Waals surface area contributed by atoms with Crippen LogP contribution >= 0.6 is 27.5 Å². The van der Waals surface area contributed by atoms with Crippen LogP contribution in [0.2, 0.25) is 5.15 Å². The molecule has 7 heteroatoms. The molecule has 0 atom stereocenters. The number of hydrogen-bond acceptors (Lipinski definition) is 4. The van der Waals surface area contributed by atoms with E-state index in [4.69, 9.17) is 16.1 Å². The summed E-state index contributed by atoms with van der Waals surface area (Å²) in [5.74, 6) is 0. The number of nitrogens with zero attached hydrogens (tertiary/aromatic N) is 2. The molecule has 0 aliphatic carbocycles. The third-order valence-corrected chi connectivity index (χ3v) is 2.60. The predicted molar refractivity (Wildman–Crippen MR) is 53.4 cm³/mol. The topological polar surface area (TPSA) is 69.2 Å². The summed E-state index contributed by atoms with van der Waals surface area (Å²) >= 11 is 8.71. The third kappa shape index (κ3) is 1.36. The monoisotopic (exact) mass is 276 g/mol. The van der Waals surface area contributed by atoms with Crippen molar-refractivity contribution in [3.05, 3.63) is 31.9 Å². The Labute approximate surface area is 90.9 Å². The van der Waals surface area contributed by atoms with E-state index in [1.165, 1.54) is 12.1 Å². The lowest BCUT2D eigenvalue weighted by molar-refractivity contribution is -0.385. The van der Waals surface area contributed by atoms with Crippen LogP contribution in [0.3, 0.4) is 0 Å². The minimum Gasteiger partial charge on any atom is -0.355 e. The van der Waals surface area contributed by atoms with E-state index in [1.54, 1.807) is 0 Å². The number of hydrogen-bond donors (Lipinski definition) is 0. The minimum atomic E-state index is -0.507.